The molecule has 2 atom stereocenters. The molecule has 11 heteroatoms. The Hall–Kier alpha value is -5.81. The van der Waals surface area contributed by atoms with E-state index in [2.05, 4.69) is 76.7 Å². The van der Waals surface area contributed by atoms with Crippen LogP contribution < -0.4 is 15.0 Å². The molecule has 3 aromatic rings. The molecule has 0 aromatic heterocycles. The summed E-state index contributed by atoms with van der Waals surface area (Å²) in [5, 5.41) is 36.6. The highest BCUT2D eigenvalue weighted by molar-refractivity contribution is 6.51. The van der Waals surface area contributed by atoms with Crippen LogP contribution in [0.3, 0.4) is 0 Å². The topological polar surface area (TPSA) is 166 Å². The van der Waals surface area contributed by atoms with E-state index in [0.717, 1.165) is 68.8 Å². The zero-order valence-electron chi connectivity index (χ0n) is 38.4. The first-order valence-electron chi connectivity index (χ1n) is 22.4. The molecule has 4 N–H and O–H groups in total. The second kappa shape index (κ2) is 20.6. The average molecular weight is 860 g/mol. The summed E-state index contributed by atoms with van der Waals surface area (Å²) in [6.45, 7) is 19.9. The predicted octanol–water partition coefficient (Wildman–Crippen LogP) is 9.79. The van der Waals surface area contributed by atoms with Crippen LogP contribution >= 0.6 is 0 Å². The van der Waals surface area contributed by atoms with Crippen molar-refractivity contribution in [3.05, 3.63) is 123 Å². The van der Waals surface area contributed by atoms with Crippen LogP contribution in [0.2, 0.25) is 0 Å². The molecule has 63 heavy (non-hydrogen) atoms. The SMILES string of the molecule is CCCCN(CCCC)c1cc(O)c(C2C(=O)C(C3=CC(=NC(=O)c4ccccc4)C(=O)C=C3NC(=O)C(CC)Oc3ccc(C(C)(C)CC)cc3C(C)(C)CC)=C2O)c(CO)c1. The van der Waals surface area contributed by atoms with Gasteiger partial charge in [-0.05, 0) is 84.4 Å². The van der Waals surface area contributed by atoms with Crippen LogP contribution in [0.15, 0.2) is 100 Å². The number of ether oxygens (including phenoxy) is 1. The van der Waals surface area contributed by atoms with E-state index >= 15 is 0 Å². The lowest BCUT2D eigenvalue weighted by molar-refractivity contribution is -0.127. The number of nitrogens with zero attached hydrogens (tertiary/aromatic N) is 2. The second-order valence-corrected chi connectivity index (χ2v) is 17.8. The Morgan fingerprint density at radius 2 is 1.51 bits per heavy atom. The number of hydrogen-bond acceptors (Lipinski definition) is 9. The minimum absolute atomic E-state index is 0.0397. The molecule has 0 fully saturated rings. The molecule has 2 aliphatic rings. The highest BCUT2D eigenvalue weighted by Gasteiger charge is 2.46. The molecular weight excluding hydrogens is 795 g/mol. The van der Waals surface area contributed by atoms with Crippen molar-refractivity contribution in [2.45, 2.75) is 137 Å². The van der Waals surface area contributed by atoms with Crippen molar-refractivity contribution in [2.24, 2.45) is 4.99 Å². The maximum Gasteiger partial charge on any atom is 0.277 e. The number of unbranched alkanes of at least 4 members (excludes halogenated alkanes) is 2. The Kier molecular flexibility index (Phi) is 15.8. The normalized spacial score (nSPS) is 16.7. The number of anilines is 1. The number of carbonyl (C=O) groups is 4. The molecule has 2 unspecified atom stereocenters. The Labute approximate surface area is 372 Å². The van der Waals surface area contributed by atoms with Gasteiger partial charge in [-0.2, -0.15) is 0 Å². The van der Waals surface area contributed by atoms with Crippen LogP contribution in [-0.4, -0.2) is 63.6 Å². The molecular formula is C52H65N3O8. The monoisotopic (exact) mass is 859 g/mol. The predicted molar refractivity (Wildman–Crippen MR) is 249 cm³/mol. The number of aromatic hydroxyl groups is 1. The summed E-state index contributed by atoms with van der Waals surface area (Å²) in [5.74, 6) is -4.12. The first kappa shape index (κ1) is 48.2. The Balaban J connectivity index is 1.55. The number of aliphatic hydroxyl groups is 2. The number of amides is 2. The number of aliphatic hydroxyl groups excluding tert-OH is 2. The summed E-state index contributed by atoms with van der Waals surface area (Å²) < 4.78 is 6.50. The minimum Gasteiger partial charge on any atom is -0.510 e. The van der Waals surface area contributed by atoms with Crippen LogP contribution in [0.4, 0.5) is 5.69 Å². The van der Waals surface area contributed by atoms with Crippen molar-refractivity contribution < 1.29 is 39.2 Å². The van der Waals surface area contributed by atoms with Crippen LogP contribution in [0.1, 0.15) is 146 Å². The molecule has 0 aliphatic heterocycles. The van der Waals surface area contributed by atoms with Crippen LogP contribution in [0, 0.1) is 0 Å². The van der Waals surface area contributed by atoms with Gasteiger partial charge in [0.1, 0.15) is 28.9 Å². The van der Waals surface area contributed by atoms with Gasteiger partial charge in [0.15, 0.2) is 11.9 Å². The third-order valence-electron chi connectivity index (χ3n) is 12.7. The zero-order chi connectivity index (χ0) is 46.2. The van der Waals surface area contributed by atoms with Crippen molar-refractivity contribution >= 4 is 34.8 Å². The number of benzene rings is 3. The van der Waals surface area contributed by atoms with Crippen molar-refractivity contribution in [3.8, 4) is 11.5 Å². The lowest BCUT2D eigenvalue weighted by Gasteiger charge is -2.34. The summed E-state index contributed by atoms with van der Waals surface area (Å²) in [4.78, 5) is 61.7. The van der Waals surface area contributed by atoms with Gasteiger partial charge in [-0.15, -0.1) is 0 Å². The van der Waals surface area contributed by atoms with E-state index in [4.69, 9.17) is 4.74 Å². The number of phenolic OH excluding ortho intramolecular Hbond substituents is 1. The van der Waals surface area contributed by atoms with Gasteiger partial charge in [0, 0.05) is 53.2 Å². The number of carbonyl (C=O) groups excluding carboxylic acids is 4. The number of aliphatic imine (C=N–C) groups is 1. The van der Waals surface area contributed by atoms with Gasteiger partial charge < -0.3 is 30.3 Å². The van der Waals surface area contributed by atoms with E-state index < -0.39 is 47.8 Å². The Morgan fingerprint density at radius 3 is 2.08 bits per heavy atom. The molecule has 0 radical (unpaired) electrons. The van der Waals surface area contributed by atoms with Crippen LogP contribution in [0.5, 0.6) is 11.5 Å². The molecule has 3 aromatic carbocycles. The highest BCUT2D eigenvalue weighted by Crippen LogP contribution is 2.48. The van der Waals surface area contributed by atoms with E-state index in [1.54, 1.807) is 49.4 Å². The summed E-state index contributed by atoms with van der Waals surface area (Å²) in [5.41, 5.74) is 2.35. The maximum absolute atomic E-state index is 14.3. The molecule has 5 rings (SSSR count). The van der Waals surface area contributed by atoms with Gasteiger partial charge in [0.25, 0.3) is 11.8 Å². The Morgan fingerprint density at radius 1 is 0.857 bits per heavy atom. The number of Topliss-reactive ketones (excluding diaryl/α,β-unsaturated/α-hetero) is 1. The molecule has 0 saturated heterocycles. The average Bonchev–Trinajstić information content (AvgIpc) is 3.27. The van der Waals surface area contributed by atoms with E-state index in [1.807, 2.05) is 12.1 Å². The fourth-order valence-corrected chi connectivity index (χ4v) is 7.78. The minimum atomic E-state index is -1.34. The van der Waals surface area contributed by atoms with Gasteiger partial charge in [0.05, 0.1) is 17.9 Å². The van der Waals surface area contributed by atoms with Gasteiger partial charge in [0.2, 0.25) is 5.78 Å². The third kappa shape index (κ3) is 10.5. The van der Waals surface area contributed by atoms with Crippen molar-refractivity contribution in [1.29, 1.82) is 0 Å². The third-order valence-corrected chi connectivity index (χ3v) is 12.7. The van der Waals surface area contributed by atoms with E-state index in [0.29, 0.717) is 11.4 Å². The number of phenols is 1. The lowest BCUT2D eigenvalue weighted by Crippen LogP contribution is -2.41. The molecule has 2 amide bonds. The number of rotatable bonds is 20. The second-order valence-electron chi connectivity index (χ2n) is 17.8. The number of nitrogens with one attached hydrogen (secondary N) is 1. The molecule has 0 spiro atoms. The van der Waals surface area contributed by atoms with Gasteiger partial charge in [-0.3, -0.25) is 19.2 Å². The zero-order valence-corrected chi connectivity index (χ0v) is 38.4. The quantitative estimate of drug-likeness (QED) is 0.0810. The van der Waals surface area contributed by atoms with Gasteiger partial charge in [-0.25, -0.2) is 4.99 Å². The van der Waals surface area contributed by atoms with E-state index in [1.165, 1.54) is 6.08 Å². The molecule has 0 bridgehead atoms. The number of ketones is 2. The molecule has 0 saturated carbocycles. The number of allylic oxidation sites excluding steroid dienone is 4. The maximum atomic E-state index is 14.3. The van der Waals surface area contributed by atoms with Crippen molar-refractivity contribution in [1.82, 2.24) is 5.32 Å². The Bertz CT molecular complexity index is 2330. The largest absolute Gasteiger partial charge is 0.510 e. The van der Waals surface area contributed by atoms with Crippen molar-refractivity contribution in [2.75, 3.05) is 18.0 Å². The summed E-state index contributed by atoms with van der Waals surface area (Å²) in [6.07, 6.45) is 7.05. The van der Waals surface area contributed by atoms with Crippen LogP contribution in [-0.2, 0) is 31.8 Å². The van der Waals surface area contributed by atoms with Gasteiger partial charge in [-0.1, -0.05) is 105 Å². The number of hydrogen-bond donors (Lipinski definition) is 4. The van der Waals surface area contributed by atoms with Crippen LogP contribution in [0.25, 0.3) is 0 Å². The molecule has 336 valence electrons. The van der Waals surface area contributed by atoms with E-state index in [-0.39, 0.29) is 62.2 Å². The molecule has 11 nitrogen and oxygen atoms in total. The summed E-state index contributed by atoms with van der Waals surface area (Å²) in [6, 6.07) is 17.6. The molecule has 2 aliphatic carbocycles. The van der Waals surface area contributed by atoms with E-state index in [9.17, 15) is 34.5 Å². The summed E-state index contributed by atoms with van der Waals surface area (Å²) >= 11 is 0. The summed E-state index contributed by atoms with van der Waals surface area (Å²) in [7, 11) is 0. The smallest absolute Gasteiger partial charge is 0.277 e. The first-order valence-corrected chi connectivity index (χ1v) is 22.4. The fourth-order valence-electron chi connectivity index (χ4n) is 7.78. The fraction of sp³-hybridized carbons (Fsp3) is 0.442. The lowest BCUT2D eigenvalue weighted by atomic mass is 9.71. The first-order chi connectivity index (χ1) is 30.0. The van der Waals surface area contributed by atoms with Gasteiger partial charge >= 0.3 is 0 Å². The standard InChI is InChI=1S/C52H65N3O8/c1-10-15-24-55(25-16-11-2)35-26-33(31-56)44(41(58)28-35)46-47(59)45(48(46)60)36-29-39(54-49(61)32-20-18-17-19-21-32)40(57)30-38(36)53-50(62)42(12-3)63-43-23-22-34(51(6,7)13-4)27-37(43)52(8,9)14-5/h17-23,26-30,42,46,56,58-59H,10-16,24-25,31H2,1-9H3,(H,53,62). The van der Waals surface area contributed by atoms with Crippen molar-refractivity contribution in [3.63, 3.8) is 0 Å². The highest BCUT2D eigenvalue weighted by atomic mass is 16.5. The molecule has 0 heterocycles.